The molecule has 0 spiro atoms. The highest BCUT2D eigenvalue weighted by atomic mass is 16.6. The lowest BCUT2D eigenvalue weighted by Crippen LogP contribution is -2.41. The van der Waals surface area contributed by atoms with Crippen molar-refractivity contribution in [1.82, 2.24) is 4.90 Å². The molecule has 1 aromatic rings. The smallest absolute Gasteiger partial charge is 0.410 e. The van der Waals surface area contributed by atoms with Gasteiger partial charge in [-0.15, -0.1) is 0 Å². The lowest BCUT2D eigenvalue weighted by Gasteiger charge is -2.33. The molecule has 1 aliphatic rings. The Bertz CT molecular complexity index is 676. The standard InChI is InChI=1S/C23H36N2O5/c1-23(2,3)30-22(28)25-13-11-17(12-14-25)6-4-5-15-29-19-9-7-18(8-10-19)16-20(24)21(26)27/h7-10,17,20H,4-6,11-16,24H2,1-3H3,(H,26,27)/t20-/m0/s1. The maximum absolute atomic E-state index is 12.1. The summed E-state index contributed by atoms with van der Waals surface area (Å²) in [5.74, 6) is 0.445. The van der Waals surface area contributed by atoms with Crippen LogP contribution in [0.15, 0.2) is 24.3 Å². The van der Waals surface area contributed by atoms with Gasteiger partial charge in [0.2, 0.25) is 0 Å². The summed E-state index contributed by atoms with van der Waals surface area (Å²) in [7, 11) is 0. The maximum atomic E-state index is 12.1. The summed E-state index contributed by atoms with van der Waals surface area (Å²) in [6, 6.07) is 6.55. The number of benzene rings is 1. The number of carboxylic acid groups (broad SMARTS) is 1. The van der Waals surface area contributed by atoms with E-state index in [0.717, 1.165) is 56.5 Å². The number of carbonyl (C=O) groups is 2. The Morgan fingerprint density at radius 3 is 2.37 bits per heavy atom. The third-order valence-corrected chi connectivity index (χ3v) is 5.24. The molecular formula is C23H36N2O5. The number of nitrogens with two attached hydrogens (primary N) is 1. The molecule has 1 amide bonds. The lowest BCUT2D eigenvalue weighted by molar-refractivity contribution is -0.138. The van der Waals surface area contributed by atoms with Gasteiger partial charge in [0.15, 0.2) is 0 Å². The van der Waals surface area contributed by atoms with Gasteiger partial charge in [0.1, 0.15) is 17.4 Å². The molecule has 3 N–H and O–H groups in total. The van der Waals surface area contributed by atoms with E-state index in [-0.39, 0.29) is 6.09 Å². The molecule has 7 heteroatoms. The molecule has 0 aromatic heterocycles. The van der Waals surface area contributed by atoms with Crippen molar-refractivity contribution in [1.29, 1.82) is 0 Å². The molecule has 0 radical (unpaired) electrons. The van der Waals surface area contributed by atoms with Crippen LogP contribution in [0.4, 0.5) is 4.79 Å². The molecule has 0 aliphatic carbocycles. The molecule has 1 saturated heterocycles. The quantitative estimate of drug-likeness (QED) is 0.589. The Hall–Kier alpha value is -2.28. The second kappa shape index (κ2) is 11.2. The minimum absolute atomic E-state index is 0.203. The number of carboxylic acids is 1. The van der Waals surface area contributed by atoms with E-state index >= 15 is 0 Å². The number of likely N-dealkylation sites (tertiary alicyclic amines) is 1. The van der Waals surface area contributed by atoms with Gasteiger partial charge in [-0.1, -0.05) is 18.6 Å². The summed E-state index contributed by atoms with van der Waals surface area (Å²) >= 11 is 0. The van der Waals surface area contributed by atoms with Crippen LogP contribution in [-0.4, -0.2) is 53.4 Å². The molecule has 0 saturated carbocycles. The fourth-order valence-corrected chi connectivity index (χ4v) is 3.52. The number of rotatable bonds is 9. The van der Waals surface area contributed by atoms with Crippen molar-refractivity contribution in [3.63, 3.8) is 0 Å². The van der Waals surface area contributed by atoms with E-state index in [1.807, 2.05) is 49.9 Å². The number of unbranched alkanes of at least 4 members (excludes halogenated alkanes) is 1. The number of piperidine rings is 1. The molecular weight excluding hydrogens is 384 g/mol. The second-order valence-corrected chi connectivity index (χ2v) is 9.05. The second-order valence-electron chi connectivity index (χ2n) is 9.05. The molecule has 7 nitrogen and oxygen atoms in total. The van der Waals surface area contributed by atoms with Gasteiger partial charge in [0, 0.05) is 13.1 Å². The van der Waals surface area contributed by atoms with Crippen LogP contribution in [0.1, 0.15) is 58.4 Å². The molecule has 1 fully saturated rings. The predicted octanol–water partition coefficient (Wildman–Crippen LogP) is 3.84. The first-order valence-electron chi connectivity index (χ1n) is 10.8. The van der Waals surface area contributed by atoms with Crippen LogP contribution in [0, 0.1) is 5.92 Å². The zero-order valence-corrected chi connectivity index (χ0v) is 18.4. The average Bonchev–Trinajstić information content (AvgIpc) is 2.68. The molecule has 1 aliphatic heterocycles. The van der Waals surface area contributed by atoms with E-state index in [9.17, 15) is 9.59 Å². The summed E-state index contributed by atoms with van der Waals surface area (Å²) < 4.78 is 11.2. The van der Waals surface area contributed by atoms with E-state index in [1.165, 1.54) is 0 Å². The van der Waals surface area contributed by atoms with Crippen molar-refractivity contribution in [3.8, 4) is 5.75 Å². The molecule has 2 rings (SSSR count). The Balaban J connectivity index is 1.58. The number of carbonyl (C=O) groups excluding carboxylic acids is 1. The number of hydrogen-bond donors (Lipinski definition) is 2. The fourth-order valence-electron chi connectivity index (χ4n) is 3.52. The zero-order chi connectivity index (χ0) is 22.1. The number of aliphatic carboxylic acids is 1. The Labute approximate surface area is 179 Å². The van der Waals surface area contributed by atoms with Gasteiger partial charge in [-0.05, 0) is 76.5 Å². The summed E-state index contributed by atoms with van der Waals surface area (Å²) in [5, 5.41) is 8.86. The van der Waals surface area contributed by atoms with Gasteiger partial charge < -0.3 is 25.2 Å². The van der Waals surface area contributed by atoms with Crippen molar-refractivity contribution in [3.05, 3.63) is 29.8 Å². The van der Waals surface area contributed by atoms with Crippen LogP contribution in [0.5, 0.6) is 5.75 Å². The number of ether oxygens (including phenoxy) is 2. The molecule has 1 heterocycles. The van der Waals surface area contributed by atoms with Crippen LogP contribution in [0.2, 0.25) is 0 Å². The van der Waals surface area contributed by atoms with Crippen LogP contribution in [0.25, 0.3) is 0 Å². The Kier molecular flexibility index (Phi) is 8.96. The molecule has 0 bridgehead atoms. The summed E-state index contributed by atoms with van der Waals surface area (Å²) in [6.45, 7) is 7.88. The molecule has 1 aromatic carbocycles. The van der Waals surface area contributed by atoms with Gasteiger partial charge in [0.05, 0.1) is 6.61 Å². The summed E-state index contributed by atoms with van der Waals surface area (Å²) in [5.41, 5.74) is 5.99. The van der Waals surface area contributed by atoms with Gasteiger partial charge in [-0.2, -0.15) is 0 Å². The summed E-state index contributed by atoms with van der Waals surface area (Å²) in [4.78, 5) is 24.7. The van der Waals surface area contributed by atoms with Crippen molar-refractivity contribution in [2.24, 2.45) is 11.7 Å². The maximum Gasteiger partial charge on any atom is 0.410 e. The first-order valence-corrected chi connectivity index (χ1v) is 10.8. The van der Waals surface area contributed by atoms with E-state index in [2.05, 4.69) is 0 Å². The number of amides is 1. The van der Waals surface area contributed by atoms with Gasteiger partial charge in [0.25, 0.3) is 0 Å². The molecule has 1 atom stereocenters. The Morgan fingerprint density at radius 1 is 1.17 bits per heavy atom. The van der Waals surface area contributed by atoms with E-state index in [0.29, 0.717) is 18.9 Å². The van der Waals surface area contributed by atoms with Crippen molar-refractivity contribution in [2.45, 2.75) is 70.9 Å². The van der Waals surface area contributed by atoms with E-state index in [4.69, 9.17) is 20.3 Å². The lowest BCUT2D eigenvalue weighted by atomic mass is 9.92. The van der Waals surface area contributed by atoms with Crippen LogP contribution >= 0.6 is 0 Å². The third kappa shape index (κ3) is 8.61. The normalized spacial score (nSPS) is 16.2. The minimum Gasteiger partial charge on any atom is -0.494 e. The van der Waals surface area contributed by atoms with Crippen molar-refractivity contribution in [2.75, 3.05) is 19.7 Å². The van der Waals surface area contributed by atoms with Crippen LogP contribution < -0.4 is 10.5 Å². The van der Waals surface area contributed by atoms with E-state index in [1.54, 1.807) is 0 Å². The van der Waals surface area contributed by atoms with Crippen LogP contribution in [-0.2, 0) is 16.0 Å². The minimum atomic E-state index is -0.995. The molecule has 30 heavy (non-hydrogen) atoms. The SMILES string of the molecule is CC(C)(C)OC(=O)N1CCC(CCCCOc2ccc(C[C@H](N)C(=O)O)cc2)CC1. The van der Waals surface area contributed by atoms with Gasteiger partial charge in [-0.25, -0.2) is 4.79 Å². The first kappa shape index (κ1) is 24.0. The highest BCUT2D eigenvalue weighted by Gasteiger charge is 2.26. The third-order valence-electron chi connectivity index (χ3n) is 5.24. The number of hydrogen-bond acceptors (Lipinski definition) is 5. The van der Waals surface area contributed by atoms with Gasteiger partial charge in [-0.3, -0.25) is 4.79 Å². The Morgan fingerprint density at radius 2 is 1.80 bits per heavy atom. The molecule has 0 unspecified atom stereocenters. The summed E-state index contributed by atoms with van der Waals surface area (Å²) in [6.07, 6.45) is 5.39. The topological polar surface area (TPSA) is 102 Å². The highest BCUT2D eigenvalue weighted by molar-refractivity contribution is 5.73. The average molecular weight is 421 g/mol. The largest absolute Gasteiger partial charge is 0.494 e. The van der Waals surface area contributed by atoms with Crippen molar-refractivity contribution >= 4 is 12.1 Å². The molecule has 168 valence electrons. The van der Waals surface area contributed by atoms with Crippen LogP contribution in [0.3, 0.4) is 0 Å². The zero-order valence-electron chi connectivity index (χ0n) is 18.4. The highest BCUT2D eigenvalue weighted by Crippen LogP contribution is 2.24. The fraction of sp³-hybridized carbons (Fsp3) is 0.652. The van der Waals surface area contributed by atoms with Gasteiger partial charge >= 0.3 is 12.1 Å². The first-order chi connectivity index (χ1) is 14.1. The van der Waals surface area contributed by atoms with E-state index < -0.39 is 17.6 Å². The van der Waals surface area contributed by atoms with Crippen molar-refractivity contribution < 1.29 is 24.2 Å². The predicted molar refractivity (Wildman–Crippen MR) is 116 cm³/mol. The monoisotopic (exact) mass is 420 g/mol. The number of nitrogens with zero attached hydrogens (tertiary/aromatic N) is 1.